The van der Waals surface area contributed by atoms with Crippen LogP contribution >= 0.6 is 0 Å². The third-order valence-corrected chi connectivity index (χ3v) is 3.78. The third kappa shape index (κ3) is 3.46. The fourth-order valence-corrected chi connectivity index (χ4v) is 2.35. The summed E-state index contributed by atoms with van der Waals surface area (Å²) in [5, 5.41) is 3.29. The van der Waals surface area contributed by atoms with E-state index in [0.29, 0.717) is 31.0 Å². The van der Waals surface area contributed by atoms with Gasteiger partial charge in [-0.1, -0.05) is 0 Å². The van der Waals surface area contributed by atoms with E-state index < -0.39 is 0 Å². The molecular formula is C15H23N3O3. The summed E-state index contributed by atoms with van der Waals surface area (Å²) in [6, 6.07) is 5.24. The Kier molecular flexibility index (Phi) is 4.69. The highest BCUT2D eigenvalue weighted by molar-refractivity contribution is 6.00. The number of nitrogens with zero attached hydrogens (tertiary/aromatic N) is 1. The van der Waals surface area contributed by atoms with Crippen molar-refractivity contribution in [3.05, 3.63) is 23.8 Å². The lowest BCUT2D eigenvalue weighted by Gasteiger charge is -2.27. The summed E-state index contributed by atoms with van der Waals surface area (Å²) in [7, 11) is 5.13. The van der Waals surface area contributed by atoms with Crippen molar-refractivity contribution in [1.82, 2.24) is 4.90 Å². The number of carbonyl (C=O) groups is 1. The van der Waals surface area contributed by atoms with Crippen LogP contribution in [0.25, 0.3) is 0 Å². The van der Waals surface area contributed by atoms with Crippen LogP contribution in [0.1, 0.15) is 16.8 Å². The van der Waals surface area contributed by atoms with E-state index in [9.17, 15) is 4.79 Å². The highest BCUT2D eigenvalue weighted by Gasteiger charge is 2.35. The predicted octanol–water partition coefficient (Wildman–Crippen LogP) is 1.19. The van der Waals surface area contributed by atoms with Gasteiger partial charge in [0.05, 0.1) is 12.2 Å². The lowest BCUT2D eigenvalue weighted by Crippen LogP contribution is -2.40. The van der Waals surface area contributed by atoms with Crippen molar-refractivity contribution >= 4 is 17.3 Å². The Bertz CT molecular complexity index is 511. The van der Waals surface area contributed by atoms with E-state index in [-0.39, 0.29) is 11.5 Å². The zero-order chi connectivity index (χ0) is 15.5. The predicted molar refractivity (Wildman–Crippen MR) is 82.5 cm³/mol. The minimum absolute atomic E-state index is 0.0633. The molecule has 0 radical (unpaired) electrons. The summed E-state index contributed by atoms with van der Waals surface area (Å²) in [6.07, 6.45) is 0.829. The number of benzene rings is 1. The van der Waals surface area contributed by atoms with Gasteiger partial charge in [0.25, 0.3) is 5.91 Å². The first-order chi connectivity index (χ1) is 9.97. The van der Waals surface area contributed by atoms with E-state index in [2.05, 4.69) is 5.32 Å². The molecule has 1 fully saturated rings. The molecule has 1 aromatic rings. The number of hydrogen-bond acceptors (Lipinski definition) is 5. The summed E-state index contributed by atoms with van der Waals surface area (Å²) >= 11 is 0. The molecule has 1 aliphatic heterocycles. The number of amides is 1. The van der Waals surface area contributed by atoms with Crippen molar-refractivity contribution in [2.75, 3.05) is 52.0 Å². The first-order valence-electron chi connectivity index (χ1n) is 6.95. The fourth-order valence-electron chi connectivity index (χ4n) is 2.35. The molecule has 0 aromatic heterocycles. The molecule has 0 spiro atoms. The average Bonchev–Trinajstić information content (AvgIpc) is 2.94. The van der Waals surface area contributed by atoms with Crippen LogP contribution in [0.5, 0.6) is 0 Å². The van der Waals surface area contributed by atoms with Gasteiger partial charge in [-0.3, -0.25) is 4.79 Å². The largest absolute Gasteiger partial charge is 0.399 e. The smallest absolute Gasteiger partial charge is 0.255 e. The van der Waals surface area contributed by atoms with Crippen LogP contribution in [0, 0.1) is 0 Å². The van der Waals surface area contributed by atoms with Crippen molar-refractivity contribution in [3.8, 4) is 0 Å². The molecule has 0 saturated carbocycles. The van der Waals surface area contributed by atoms with Gasteiger partial charge in [-0.25, -0.2) is 0 Å². The van der Waals surface area contributed by atoms with Crippen LogP contribution in [0.4, 0.5) is 11.4 Å². The maximum Gasteiger partial charge on any atom is 0.255 e. The van der Waals surface area contributed by atoms with Crippen molar-refractivity contribution in [2.45, 2.75) is 12.0 Å². The Hall–Kier alpha value is -1.79. The molecule has 1 saturated heterocycles. The highest BCUT2D eigenvalue weighted by atomic mass is 16.5. The molecule has 1 heterocycles. The third-order valence-electron chi connectivity index (χ3n) is 3.78. The van der Waals surface area contributed by atoms with Crippen LogP contribution < -0.4 is 11.1 Å². The van der Waals surface area contributed by atoms with Gasteiger partial charge in [-0.15, -0.1) is 0 Å². The fraction of sp³-hybridized carbons (Fsp3) is 0.533. The molecule has 1 unspecified atom stereocenters. The van der Waals surface area contributed by atoms with Gasteiger partial charge in [-0.2, -0.15) is 0 Å². The summed E-state index contributed by atoms with van der Waals surface area (Å²) in [4.78, 5) is 13.8. The maximum absolute atomic E-state index is 12.2. The molecule has 6 heteroatoms. The van der Waals surface area contributed by atoms with E-state index in [1.807, 2.05) is 0 Å². The van der Waals surface area contributed by atoms with Gasteiger partial charge >= 0.3 is 0 Å². The number of nitrogen functional groups attached to an aromatic ring is 1. The first-order valence-corrected chi connectivity index (χ1v) is 6.95. The molecular weight excluding hydrogens is 270 g/mol. The SMILES string of the molecule is COC1(CNc2cc(N)ccc2C(=O)N(C)C)CCOC1. The normalized spacial score (nSPS) is 21.3. The van der Waals surface area contributed by atoms with Gasteiger partial charge in [0, 0.05) is 52.2 Å². The molecule has 0 bridgehead atoms. The number of rotatable bonds is 5. The van der Waals surface area contributed by atoms with Crippen LogP contribution in [-0.2, 0) is 9.47 Å². The van der Waals surface area contributed by atoms with Crippen LogP contribution in [0.3, 0.4) is 0 Å². The second kappa shape index (κ2) is 6.32. The van der Waals surface area contributed by atoms with Crippen molar-refractivity contribution < 1.29 is 14.3 Å². The average molecular weight is 293 g/mol. The zero-order valence-electron chi connectivity index (χ0n) is 12.8. The highest BCUT2D eigenvalue weighted by Crippen LogP contribution is 2.26. The second-order valence-corrected chi connectivity index (χ2v) is 5.55. The lowest BCUT2D eigenvalue weighted by atomic mass is 10.0. The van der Waals surface area contributed by atoms with Gasteiger partial charge in [-0.05, 0) is 18.2 Å². The molecule has 116 valence electrons. The van der Waals surface area contributed by atoms with Gasteiger partial charge in [0.2, 0.25) is 0 Å². The molecule has 2 rings (SSSR count). The van der Waals surface area contributed by atoms with E-state index in [0.717, 1.165) is 12.1 Å². The quantitative estimate of drug-likeness (QED) is 0.797. The number of methoxy groups -OCH3 is 1. The van der Waals surface area contributed by atoms with E-state index >= 15 is 0 Å². The Morgan fingerprint density at radius 3 is 2.86 bits per heavy atom. The number of ether oxygens (including phenoxy) is 2. The van der Waals surface area contributed by atoms with E-state index in [1.54, 1.807) is 44.3 Å². The molecule has 1 aliphatic rings. The monoisotopic (exact) mass is 293 g/mol. The molecule has 21 heavy (non-hydrogen) atoms. The van der Waals surface area contributed by atoms with Crippen LogP contribution in [-0.4, -0.2) is 57.4 Å². The Balaban J connectivity index is 2.18. The summed E-state index contributed by atoms with van der Waals surface area (Å²) in [5.41, 5.74) is 7.42. The number of carbonyl (C=O) groups excluding carboxylic acids is 1. The molecule has 1 atom stereocenters. The van der Waals surface area contributed by atoms with Crippen molar-refractivity contribution in [2.24, 2.45) is 0 Å². The van der Waals surface area contributed by atoms with Crippen molar-refractivity contribution in [3.63, 3.8) is 0 Å². The second-order valence-electron chi connectivity index (χ2n) is 5.55. The number of anilines is 2. The maximum atomic E-state index is 12.2. The van der Waals surface area contributed by atoms with E-state index in [4.69, 9.17) is 15.2 Å². The number of nitrogens with one attached hydrogen (secondary N) is 1. The molecule has 1 amide bonds. The summed E-state index contributed by atoms with van der Waals surface area (Å²) in [6.45, 7) is 1.81. The first kappa shape index (κ1) is 15.6. The lowest BCUT2D eigenvalue weighted by molar-refractivity contribution is -0.00621. The molecule has 1 aromatic carbocycles. The topological polar surface area (TPSA) is 76.8 Å². The van der Waals surface area contributed by atoms with Crippen molar-refractivity contribution in [1.29, 1.82) is 0 Å². The molecule has 3 N–H and O–H groups in total. The minimum atomic E-state index is -0.344. The Morgan fingerprint density at radius 1 is 1.52 bits per heavy atom. The Labute approximate surface area is 125 Å². The molecule has 6 nitrogen and oxygen atoms in total. The summed E-state index contributed by atoms with van der Waals surface area (Å²) in [5.74, 6) is -0.0633. The standard InChI is InChI=1S/C15H23N3O3/c1-18(2)14(19)12-5-4-11(16)8-13(12)17-9-15(20-3)6-7-21-10-15/h4-5,8,17H,6-7,9-10,16H2,1-3H3. The minimum Gasteiger partial charge on any atom is -0.399 e. The molecule has 0 aliphatic carbocycles. The van der Waals surface area contributed by atoms with Crippen LogP contribution in [0.2, 0.25) is 0 Å². The van der Waals surface area contributed by atoms with Gasteiger partial charge in [0.1, 0.15) is 5.60 Å². The van der Waals surface area contributed by atoms with Gasteiger partial charge < -0.3 is 25.4 Å². The summed E-state index contributed by atoms with van der Waals surface area (Å²) < 4.78 is 11.0. The number of hydrogen-bond donors (Lipinski definition) is 2. The number of nitrogens with two attached hydrogens (primary N) is 1. The Morgan fingerprint density at radius 2 is 2.29 bits per heavy atom. The van der Waals surface area contributed by atoms with E-state index in [1.165, 1.54) is 0 Å². The van der Waals surface area contributed by atoms with Gasteiger partial charge in [0.15, 0.2) is 0 Å². The van der Waals surface area contributed by atoms with Crippen LogP contribution in [0.15, 0.2) is 18.2 Å². The zero-order valence-corrected chi connectivity index (χ0v) is 12.8.